The largest absolute Gasteiger partial charge is 0.384 e. The Kier molecular flexibility index (Phi) is 5.69. The van der Waals surface area contributed by atoms with Crippen LogP contribution in [0.2, 0.25) is 5.02 Å². The highest BCUT2D eigenvalue weighted by molar-refractivity contribution is 6.30. The number of piperidine rings is 1. The molecular weight excluding hydrogens is 384 g/mol. The summed E-state index contributed by atoms with van der Waals surface area (Å²) in [5.41, 5.74) is 1.17. The minimum Gasteiger partial charge on any atom is -0.384 e. The van der Waals surface area contributed by atoms with Gasteiger partial charge >= 0.3 is 0 Å². The molecule has 2 aliphatic rings. The van der Waals surface area contributed by atoms with Crippen molar-refractivity contribution in [3.8, 4) is 0 Å². The van der Waals surface area contributed by atoms with E-state index in [1.165, 1.54) is 0 Å². The monoisotopic (exact) mass is 412 g/mol. The van der Waals surface area contributed by atoms with E-state index >= 15 is 0 Å². The van der Waals surface area contributed by atoms with Crippen LogP contribution in [-0.4, -0.2) is 42.1 Å². The van der Waals surface area contributed by atoms with Gasteiger partial charge in [-0.25, -0.2) is 0 Å². The van der Waals surface area contributed by atoms with Crippen LogP contribution in [0.1, 0.15) is 30.9 Å². The van der Waals surface area contributed by atoms with Crippen LogP contribution in [0.4, 0.5) is 0 Å². The van der Waals surface area contributed by atoms with E-state index in [4.69, 9.17) is 11.6 Å². The first kappa shape index (κ1) is 20.4. The molecular formula is C24H29ClN2O2. The van der Waals surface area contributed by atoms with Crippen molar-refractivity contribution < 1.29 is 9.90 Å². The van der Waals surface area contributed by atoms with Gasteiger partial charge in [-0.1, -0.05) is 67.9 Å². The maximum absolute atomic E-state index is 13.5. The number of halogens is 1. The molecule has 2 N–H and O–H groups in total. The van der Waals surface area contributed by atoms with Crippen LogP contribution in [0.3, 0.4) is 0 Å². The molecule has 154 valence electrons. The predicted octanol–water partition coefficient (Wildman–Crippen LogP) is 3.65. The summed E-state index contributed by atoms with van der Waals surface area (Å²) in [6, 6.07) is 17.7. The van der Waals surface area contributed by atoms with E-state index in [1.807, 2.05) is 73.3 Å². The number of nitrogens with zero attached hydrogens (tertiary/aromatic N) is 1. The number of hydrogen-bond acceptors (Lipinski definition) is 3. The Hall–Kier alpha value is -1.88. The van der Waals surface area contributed by atoms with Crippen molar-refractivity contribution in [2.45, 2.75) is 25.4 Å². The molecule has 29 heavy (non-hydrogen) atoms. The van der Waals surface area contributed by atoms with Crippen molar-refractivity contribution in [1.82, 2.24) is 10.2 Å². The average molecular weight is 413 g/mol. The molecule has 4 rings (SSSR count). The Morgan fingerprint density at radius 3 is 2.28 bits per heavy atom. The maximum atomic E-state index is 13.5. The SMILES string of the molecule is CC1CN(C(=O)[C@@H]2CNC[C@H]2c2ccc(Cl)cc2)CC(C)C1(O)c1ccccc1. The van der Waals surface area contributed by atoms with Gasteiger partial charge in [0.2, 0.25) is 5.91 Å². The molecule has 2 saturated heterocycles. The van der Waals surface area contributed by atoms with Crippen LogP contribution in [0.25, 0.3) is 0 Å². The van der Waals surface area contributed by atoms with Crippen molar-refractivity contribution >= 4 is 17.5 Å². The zero-order valence-corrected chi connectivity index (χ0v) is 17.8. The summed E-state index contributed by atoms with van der Waals surface area (Å²) in [6.07, 6.45) is 0. The molecule has 2 fully saturated rings. The lowest BCUT2D eigenvalue weighted by Gasteiger charge is -2.48. The second kappa shape index (κ2) is 8.10. The van der Waals surface area contributed by atoms with E-state index in [2.05, 4.69) is 5.32 Å². The van der Waals surface area contributed by atoms with Gasteiger partial charge in [-0.2, -0.15) is 0 Å². The third-order valence-electron chi connectivity index (χ3n) is 6.87. The first-order chi connectivity index (χ1) is 13.9. The van der Waals surface area contributed by atoms with E-state index in [9.17, 15) is 9.90 Å². The number of likely N-dealkylation sites (tertiary alicyclic amines) is 1. The Morgan fingerprint density at radius 2 is 1.66 bits per heavy atom. The summed E-state index contributed by atoms with van der Waals surface area (Å²) in [5, 5.41) is 15.6. The molecule has 0 aliphatic carbocycles. The summed E-state index contributed by atoms with van der Waals surface area (Å²) < 4.78 is 0. The molecule has 2 aliphatic heterocycles. The lowest BCUT2D eigenvalue weighted by atomic mass is 9.70. The zero-order chi connectivity index (χ0) is 20.6. The van der Waals surface area contributed by atoms with Crippen molar-refractivity contribution in [3.63, 3.8) is 0 Å². The summed E-state index contributed by atoms with van der Waals surface area (Å²) in [4.78, 5) is 15.4. The summed E-state index contributed by atoms with van der Waals surface area (Å²) in [7, 11) is 0. The molecule has 0 aromatic heterocycles. The number of amides is 1. The van der Waals surface area contributed by atoms with E-state index in [0.29, 0.717) is 24.7 Å². The summed E-state index contributed by atoms with van der Waals surface area (Å²) >= 11 is 6.03. The van der Waals surface area contributed by atoms with Crippen LogP contribution in [0.15, 0.2) is 54.6 Å². The van der Waals surface area contributed by atoms with Gasteiger partial charge in [0, 0.05) is 49.0 Å². The van der Waals surface area contributed by atoms with E-state index in [1.54, 1.807) is 0 Å². The summed E-state index contributed by atoms with van der Waals surface area (Å²) in [5.74, 6) is 0.171. The Bertz CT molecular complexity index is 843. The quantitative estimate of drug-likeness (QED) is 0.809. The number of hydrogen-bond donors (Lipinski definition) is 2. The third kappa shape index (κ3) is 3.70. The minimum absolute atomic E-state index is 0.0408. The van der Waals surface area contributed by atoms with Crippen LogP contribution in [-0.2, 0) is 10.4 Å². The highest BCUT2D eigenvalue weighted by atomic mass is 35.5. The third-order valence-corrected chi connectivity index (χ3v) is 7.12. The Labute approximate surface area is 177 Å². The normalized spacial score (nSPS) is 32.3. The molecule has 1 amide bonds. The van der Waals surface area contributed by atoms with Gasteiger partial charge in [0.05, 0.1) is 11.5 Å². The fourth-order valence-electron chi connectivity index (χ4n) is 5.19. The predicted molar refractivity (Wildman–Crippen MR) is 116 cm³/mol. The zero-order valence-electron chi connectivity index (χ0n) is 17.0. The number of benzene rings is 2. The fourth-order valence-corrected chi connectivity index (χ4v) is 5.31. The lowest BCUT2D eigenvalue weighted by molar-refractivity contribution is -0.152. The standard InChI is InChI=1S/C24H29ClN2O2/c1-16-14-27(15-17(2)24(16,29)19-6-4-3-5-7-19)23(28)22-13-26-12-21(22)18-8-10-20(25)11-9-18/h3-11,16-17,21-22,26,29H,12-15H2,1-2H3/t16?,17?,21-,22+,24?/m0/s1. The molecule has 4 nitrogen and oxygen atoms in total. The number of nitrogens with one attached hydrogen (secondary N) is 1. The first-order valence-electron chi connectivity index (χ1n) is 10.4. The number of carbonyl (C=O) groups excluding carboxylic acids is 1. The molecule has 0 bridgehead atoms. The summed E-state index contributed by atoms with van der Waals surface area (Å²) in [6.45, 7) is 6.72. The van der Waals surface area contributed by atoms with Gasteiger partial charge in [-0.3, -0.25) is 4.79 Å². The second-order valence-electron chi connectivity index (χ2n) is 8.66. The van der Waals surface area contributed by atoms with Crippen LogP contribution in [0, 0.1) is 17.8 Å². The fraction of sp³-hybridized carbons (Fsp3) is 0.458. The van der Waals surface area contributed by atoms with Crippen LogP contribution < -0.4 is 5.32 Å². The van der Waals surface area contributed by atoms with Crippen molar-refractivity contribution in [2.24, 2.45) is 17.8 Å². The molecule has 2 aromatic carbocycles. The van der Waals surface area contributed by atoms with Crippen LogP contribution in [0.5, 0.6) is 0 Å². The van der Waals surface area contributed by atoms with Crippen molar-refractivity contribution in [1.29, 1.82) is 0 Å². The van der Waals surface area contributed by atoms with Gasteiger partial charge in [0.25, 0.3) is 0 Å². The lowest BCUT2D eigenvalue weighted by Crippen LogP contribution is -2.57. The molecule has 2 heterocycles. The maximum Gasteiger partial charge on any atom is 0.227 e. The number of carbonyl (C=O) groups is 1. The van der Waals surface area contributed by atoms with Crippen LogP contribution >= 0.6 is 11.6 Å². The van der Waals surface area contributed by atoms with E-state index in [0.717, 1.165) is 17.7 Å². The highest BCUT2D eigenvalue weighted by Crippen LogP contribution is 2.42. The Balaban J connectivity index is 1.52. The van der Waals surface area contributed by atoms with E-state index in [-0.39, 0.29) is 29.6 Å². The van der Waals surface area contributed by atoms with Gasteiger partial charge in [0.1, 0.15) is 0 Å². The molecule has 4 atom stereocenters. The van der Waals surface area contributed by atoms with Crippen molar-refractivity contribution in [3.05, 3.63) is 70.7 Å². The number of rotatable bonds is 3. The Morgan fingerprint density at radius 1 is 1.03 bits per heavy atom. The minimum atomic E-state index is -0.915. The molecule has 0 saturated carbocycles. The molecule has 2 aromatic rings. The molecule has 0 spiro atoms. The smallest absolute Gasteiger partial charge is 0.227 e. The van der Waals surface area contributed by atoms with Gasteiger partial charge in [-0.05, 0) is 23.3 Å². The topological polar surface area (TPSA) is 52.6 Å². The molecule has 2 unspecified atom stereocenters. The van der Waals surface area contributed by atoms with Gasteiger partial charge in [0.15, 0.2) is 0 Å². The molecule has 5 heteroatoms. The van der Waals surface area contributed by atoms with Gasteiger partial charge in [-0.15, -0.1) is 0 Å². The van der Waals surface area contributed by atoms with Crippen molar-refractivity contribution in [2.75, 3.05) is 26.2 Å². The number of aliphatic hydroxyl groups is 1. The first-order valence-corrected chi connectivity index (χ1v) is 10.8. The highest BCUT2D eigenvalue weighted by Gasteiger charge is 2.48. The second-order valence-corrected chi connectivity index (χ2v) is 9.10. The van der Waals surface area contributed by atoms with E-state index < -0.39 is 5.60 Å². The average Bonchev–Trinajstić information content (AvgIpc) is 3.22. The van der Waals surface area contributed by atoms with Gasteiger partial charge < -0.3 is 15.3 Å². The molecule has 0 radical (unpaired) electrons.